The molecular formula is C7HF11N2S. The maximum atomic E-state index is 13.2. The SMILES string of the molecule is FC(F)(F)C(F)(F)C(F)(F)C(F)(F)C(F)(F)c1nncs1. The second-order valence-corrected chi connectivity index (χ2v) is 4.37. The first-order chi connectivity index (χ1) is 9.11. The van der Waals surface area contributed by atoms with Gasteiger partial charge in [0.2, 0.25) is 0 Å². The molecule has 0 aromatic carbocycles. The maximum absolute atomic E-state index is 13.2. The molecule has 1 rings (SSSR count). The van der Waals surface area contributed by atoms with Crippen molar-refractivity contribution < 1.29 is 48.3 Å². The van der Waals surface area contributed by atoms with Gasteiger partial charge in [-0.25, -0.2) is 0 Å². The molecule has 1 heterocycles. The second-order valence-electron chi connectivity index (χ2n) is 3.54. The van der Waals surface area contributed by atoms with Gasteiger partial charge in [0.05, 0.1) is 0 Å². The first-order valence-electron chi connectivity index (χ1n) is 4.45. The fourth-order valence-electron chi connectivity index (χ4n) is 1.02. The summed E-state index contributed by atoms with van der Waals surface area (Å²) in [6.45, 7) is 0. The maximum Gasteiger partial charge on any atom is 0.460 e. The highest BCUT2D eigenvalue weighted by Gasteiger charge is 2.87. The van der Waals surface area contributed by atoms with Gasteiger partial charge >= 0.3 is 29.9 Å². The Morgan fingerprint density at radius 1 is 0.714 bits per heavy atom. The normalized spacial score (nSPS) is 15.4. The lowest BCUT2D eigenvalue weighted by Crippen LogP contribution is -2.65. The molecule has 0 aliphatic rings. The summed E-state index contributed by atoms with van der Waals surface area (Å²) in [5, 5.41) is 2.75. The molecule has 0 amide bonds. The highest BCUT2D eigenvalue weighted by molar-refractivity contribution is 7.09. The summed E-state index contributed by atoms with van der Waals surface area (Å²) in [5.74, 6) is -28.0. The number of aromatic nitrogens is 2. The van der Waals surface area contributed by atoms with Crippen LogP contribution in [0.25, 0.3) is 0 Å². The van der Waals surface area contributed by atoms with Gasteiger partial charge < -0.3 is 0 Å². The van der Waals surface area contributed by atoms with Crippen LogP contribution in [0.2, 0.25) is 0 Å². The van der Waals surface area contributed by atoms with Crippen molar-refractivity contribution in [2.24, 2.45) is 0 Å². The molecule has 0 atom stereocenters. The van der Waals surface area contributed by atoms with E-state index in [9.17, 15) is 48.3 Å². The Labute approximate surface area is 111 Å². The summed E-state index contributed by atoms with van der Waals surface area (Å²) in [5.41, 5.74) is 0.374. The molecule has 14 heteroatoms. The Kier molecular flexibility index (Phi) is 3.94. The van der Waals surface area contributed by atoms with Crippen LogP contribution in [0, 0.1) is 0 Å². The van der Waals surface area contributed by atoms with Gasteiger partial charge in [0.1, 0.15) is 5.51 Å². The van der Waals surface area contributed by atoms with Crippen LogP contribution in [0.4, 0.5) is 48.3 Å². The highest BCUT2D eigenvalue weighted by Crippen LogP contribution is 2.59. The van der Waals surface area contributed by atoms with Crippen molar-refractivity contribution in [3.63, 3.8) is 0 Å². The van der Waals surface area contributed by atoms with Gasteiger partial charge in [-0.2, -0.15) is 48.3 Å². The molecule has 1 aromatic rings. The number of halogens is 11. The molecule has 0 aliphatic carbocycles. The lowest BCUT2D eigenvalue weighted by Gasteiger charge is -2.36. The molecule has 0 saturated carbocycles. The van der Waals surface area contributed by atoms with E-state index in [2.05, 4.69) is 10.2 Å². The van der Waals surface area contributed by atoms with Crippen molar-refractivity contribution in [3.8, 4) is 0 Å². The lowest BCUT2D eigenvalue weighted by atomic mass is 9.98. The van der Waals surface area contributed by atoms with E-state index in [0.29, 0.717) is 5.51 Å². The molecule has 1 aromatic heterocycles. The molecule has 0 bridgehead atoms. The van der Waals surface area contributed by atoms with Crippen LogP contribution in [-0.2, 0) is 5.92 Å². The van der Waals surface area contributed by atoms with Crippen molar-refractivity contribution >= 4 is 11.3 Å². The summed E-state index contributed by atoms with van der Waals surface area (Å²) in [6.07, 6.45) is -7.17. The number of nitrogens with zero attached hydrogens (tertiary/aromatic N) is 2. The summed E-state index contributed by atoms with van der Waals surface area (Å²) in [6, 6.07) is 0. The van der Waals surface area contributed by atoms with E-state index in [1.807, 2.05) is 0 Å². The summed E-state index contributed by atoms with van der Waals surface area (Å²) in [7, 11) is 0. The topological polar surface area (TPSA) is 25.8 Å². The van der Waals surface area contributed by atoms with Crippen LogP contribution < -0.4 is 0 Å². The van der Waals surface area contributed by atoms with Gasteiger partial charge in [0.15, 0.2) is 5.01 Å². The molecular weight excluding hydrogens is 353 g/mol. The lowest BCUT2D eigenvalue weighted by molar-refractivity contribution is -0.424. The van der Waals surface area contributed by atoms with Gasteiger partial charge in [-0.1, -0.05) is 11.3 Å². The van der Waals surface area contributed by atoms with E-state index in [1.165, 1.54) is 0 Å². The average molecular weight is 354 g/mol. The minimum Gasteiger partial charge on any atom is -0.192 e. The van der Waals surface area contributed by atoms with Crippen LogP contribution in [0.5, 0.6) is 0 Å². The zero-order valence-electron chi connectivity index (χ0n) is 9.04. The number of rotatable bonds is 4. The number of hydrogen-bond acceptors (Lipinski definition) is 3. The third-order valence-corrected chi connectivity index (χ3v) is 2.93. The molecule has 0 radical (unpaired) electrons. The molecule has 0 fully saturated rings. The smallest absolute Gasteiger partial charge is 0.192 e. The predicted molar refractivity (Wildman–Crippen MR) is 44.7 cm³/mol. The Morgan fingerprint density at radius 2 is 1.19 bits per heavy atom. The standard InChI is InChI=1S/C7HF11N2S/c8-3(9,2-20-19-1-21-2)4(10,11)5(12,13)6(14,15)7(16,17)18/h1H. The number of alkyl halides is 11. The monoisotopic (exact) mass is 354 g/mol. The molecule has 21 heavy (non-hydrogen) atoms. The molecule has 0 spiro atoms. The van der Waals surface area contributed by atoms with Gasteiger partial charge in [-0.3, -0.25) is 0 Å². The molecule has 0 unspecified atom stereocenters. The van der Waals surface area contributed by atoms with Crippen LogP contribution in [0.1, 0.15) is 5.01 Å². The quantitative estimate of drug-likeness (QED) is 0.761. The number of hydrogen-bond donors (Lipinski definition) is 0. The van der Waals surface area contributed by atoms with E-state index in [1.54, 1.807) is 0 Å². The Morgan fingerprint density at radius 3 is 1.52 bits per heavy atom. The first kappa shape index (κ1) is 17.8. The van der Waals surface area contributed by atoms with Gasteiger partial charge in [0.25, 0.3) is 0 Å². The van der Waals surface area contributed by atoms with Crippen LogP contribution in [-0.4, -0.2) is 34.1 Å². The Bertz CT molecular complexity index is 491. The molecule has 122 valence electrons. The van der Waals surface area contributed by atoms with E-state index < -0.39 is 46.2 Å². The molecule has 0 N–H and O–H groups in total. The van der Waals surface area contributed by atoms with Crippen LogP contribution in [0.15, 0.2) is 5.51 Å². The van der Waals surface area contributed by atoms with Crippen LogP contribution >= 0.6 is 11.3 Å². The molecule has 2 nitrogen and oxygen atoms in total. The predicted octanol–water partition coefficient (Wildman–Crippen LogP) is 4.10. The summed E-state index contributed by atoms with van der Waals surface area (Å²) >= 11 is -0.421. The third-order valence-electron chi connectivity index (χ3n) is 2.17. The minimum absolute atomic E-state index is 0.374. The third kappa shape index (κ3) is 2.32. The van der Waals surface area contributed by atoms with E-state index in [4.69, 9.17) is 0 Å². The Hall–Kier alpha value is -1.21. The van der Waals surface area contributed by atoms with Crippen LogP contribution in [0.3, 0.4) is 0 Å². The van der Waals surface area contributed by atoms with E-state index in [-0.39, 0.29) is 0 Å². The van der Waals surface area contributed by atoms with E-state index >= 15 is 0 Å². The largest absolute Gasteiger partial charge is 0.460 e. The first-order valence-corrected chi connectivity index (χ1v) is 5.33. The molecule has 0 aliphatic heterocycles. The van der Waals surface area contributed by atoms with Gasteiger partial charge in [0, 0.05) is 0 Å². The van der Waals surface area contributed by atoms with E-state index in [0.717, 1.165) is 0 Å². The fourth-order valence-corrected chi connectivity index (χ4v) is 1.58. The minimum atomic E-state index is -7.42. The van der Waals surface area contributed by atoms with Crippen molar-refractivity contribution in [3.05, 3.63) is 10.5 Å². The molecule has 0 saturated heterocycles. The summed E-state index contributed by atoms with van der Waals surface area (Å²) in [4.78, 5) is 0. The summed E-state index contributed by atoms with van der Waals surface area (Å²) < 4.78 is 138. The van der Waals surface area contributed by atoms with Crippen molar-refractivity contribution in [2.75, 3.05) is 0 Å². The van der Waals surface area contributed by atoms with Crippen molar-refractivity contribution in [1.29, 1.82) is 0 Å². The van der Waals surface area contributed by atoms with Crippen molar-refractivity contribution in [1.82, 2.24) is 10.2 Å². The zero-order chi connectivity index (χ0) is 16.9. The zero-order valence-corrected chi connectivity index (χ0v) is 9.85. The second kappa shape index (κ2) is 4.64. The fraction of sp³-hybridized carbons (Fsp3) is 0.714. The Balaban J connectivity index is 3.41. The highest BCUT2D eigenvalue weighted by atomic mass is 32.1. The van der Waals surface area contributed by atoms with Gasteiger partial charge in [-0.05, 0) is 0 Å². The van der Waals surface area contributed by atoms with Crippen molar-refractivity contribution in [2.45, 2.75) is 29.9 Å². The average Bonchev–Trinajstić information content (AvgIpc) is 2.80. The van der Waals surface area contributed by atoms with Gasteiger partial charge in [-0.15, -0.1) is 10.2 Å².